The zero-order valence-electron chi connectivity index (χ0n) is 9.57. The first kappa shape index (κ1) is 11.5. The molecule has 0 saturated heterocycles. The summed E-state index contributed by atoms with van der Waals surface area (Å²) in [6, 6.07) is 1.77. The second-order valence-electron chi connectivity index (χ2n) is 4.57. The van der Waals surface area contributed by atoms with Crippen molar-refractivity contribution in [3.63, 3.8) is 0 Å². The number of carbonyl (C=O) groups is 1. The van der Waals surface area contributed by atoms with Gasteiger partial charge in [0, 0.05) is 19.0 Å². The van der Waals surface area contributed by atoms with E-state index in [-0.39, 0.29) is 5.91 Å². The molecule has 1 fully saturated rings. The van der Waals surface area contributed by atoms with Gasteiger partial charge < -0.3 is 9.32 Å². The molecule has 1 amide bonds. The normalized spacial score (nSPS) is 23.9. The van der Waals surface area contributed by atoms with Crippen molar-refractivity contribution in [1.29, 1.82) is 0 Å². The van der Waals surface area contributed by atoms with Gasteiger partial charge in [-0.05, 0) is 31.7 Å². The first-order valence-electron chi connectivity index (χ1n) is 5.51. The second-order valence-corrected chi connectivity index (χ2v) is 5.18. The van der Waals surface area contributed by atoms with Crippen molar-refractivity contribution in [2.45, 2.75) is 25.1 Å². The second kappa shape index (κ2) is 4.50. The molecule has 3 nitrogen and oxygen atoms in total. The number of carbonyl (C=O) groups excluding carboxylic acids is 1. The van der Waals surface area contributed by atoms with Gasteiger partial charge in [0.15, 0.2) is 0 Å². The van der Waals surface area contributed by atoms with Crippen LogP contribution in [0.3, 0.4) is 0 Å². The summed E-state index contributed by atoms with van der Waals surface area (Å²) in [5.41, 5.74) is 0.627. The molecule has 1 heterocycles. The molecular formula is C12H16ClNO2. The maximum atomic E-state index is 11.9. The third-order valence-electron chi connectivity index (χ3n) is 3.03. The van der Waals surface area contributed by atoms with E-state index < -0.39 is 0 Å². The number of aryl methyl sites for hydroxylation is 1. The van der Waals surface area contributed by atoms with Gasteiger partial charge in [-0.15, -0.1) is 11.6 Å². The SMILES string of the molecule is Cc1cc(C(=O)N(C)CC2CC(Cl)C2)co1. The predicted octanol–water partition coefficient (Wildman–Crippen LogP) is 2.68. The van der Waals surface area contributed by atoms with Crippen LogP contribution in [0.4, 0.5) is 0 Å². The van der Waals surface area contributed by atoms with Crippen LogP contribution in [0.1, 0.15) is 29.0 Å². The zero-order chi connectivity index (χ0) is 11.7. The lowest BCUT2D eigenvalue weighted by molar-refractivity contribution is 0.0746. The highest BCUT2D eigenvalue weighted by molar-refractivity contribution is 6.21. The summed E-state index contributed by atoms with van der Waals surface area (Å²) in [7, 11) is 1.83. The molecule has 1 aromatic rings. The number of alkyl halides is 1. The van der Waals surface area contributed by atoms with Crippen molar-refractivity contribution in [1.82, 2.24) is 4.90 Å². The van der Waals surface area contributed by atoms with Gasteiger partial charge in [-0.25, -0.2) is 0 Å². The minimum absolute atomic E-state index is 0.0230. The average molecular weight is 242 g/mol. The fourth-order valence-corrected chi connectivity index (χ4v) is 2.55. The lowest BCUT2D eigenvalue weighted by Crippen LogP contribution is -2.37. The Kier molecular flexibility index (Phi) is 3.24. The third kappa shape index (κ3) is 2.40. The van der Waals surface area contributed by atoms with Gasteiger partial charge in [0.2, 0.25) is 0 Å². The molecule has 1 aliphatic rings. The number of nitrogens with zero attached hydrogens (tertiary/aromatic N) is 1. The summed E-state index contributed by atoms with van der Waals surface area (Å²) in [6.07, 6.45) is 3.55. The summed E-state index contributed by atoms with van der Waals surface area (Å²) in [4.78, 5) is 13.7. The minimum Gasteiger partial charge on any atom is -0.469 e. The van der Waals surface area contributed by atoms with Crippen LogP contribution in [0.5, 0.6) is 0 Å². The van der Waals surface area contributed by atoms with E-state index in [2.05, 4.69) is 0 Å². The maximum Gasteiger partial charge on any atom is 0.256 e. The van der Waals surface area contributed by atoms with E-state index in [1.807, 2.05) is 14.0 Å². The molecule has 1 aromatic heterocycles. The summed E-state index contributed by atoms with van der Waals surface area (Å²) < 4.78 is 5.13. The highest BCUT2D eigenvalue weighted by atomic mass is 35.5. The van der Waals surface area contributed by atoms with Crippen LogP contribution in [0, 0.1) is 12.8 Å². The summed E-state index contributed by atoms with van der Waals surface area (Å²) >= 11 is 5.91. The Hall–Kier alpha value is -0.960. The molecule has 2 rings (SSSR count). The number of amides is 1. The molecule has 0 aliphatic heterocycles. The van der Waals surface area contributed by atoms with Gasteiger partial charge in [-0.3, -0.25) is 4.79 Å². The molecule has 1 aliphatic carbocycles. The van der Waals surface area contributed by atoms with E-state index in [1.165, 1.54) is 6.26 Å². The van der Waals surface area contributed by atoms with Crippen molar-refractivity contribution < 1.29 is 9.21 Å². The summed E-state index contributed by atoms with van der Waals surface area (Å²) in [6.45, 7) is 2.62. The molecule has 0 spiro atoms. The van der Waals surface area contributed by atoms with Crippen LogP contribution in [-0.4, -0.2) is 29.8 Å². The minimum atomic E-state index is 0.0230. The molecule has 0 unspecified atom stereocenters. The highest BCUT2D eigenvalue weighted by Crippen LogP contribution is 2.32. The van der Waals surface area contributed by atoms with E-state index in [4.69, 9.17) is 16.0 Å². The van der Waals surface area contributed by atoms with E-state index in [0.29, 0.717) is 16.9 Å². The van der Waals surface area contributed by atoms with E-state index >= 15 is 0 Å². The van der Waals surface area contributed by atoms with Crippen LogP contribution in [-0.2, 0) is 0 Å². The Morgan fingerprint density at radius 3 is 2.81 bits per heavy atom. The number of halogens is 1. The molecule has 0 N–H and O–H groups in total. The zero-order valence-corrected chi connectivity index (χ0v) is 10.3. The Morgan fingerprint density at radius 2 is 2.31 bits per heavy atom. The Labute approximate surface area is 100 Å². The summed E-state index contributed by atoms with van der Waals surface area (Å²) in [5, 5.41) is 0.310. The van der Waals surface area contributed by atoms with Crippen LogP contribution < -0.4 is 0 Å². The Bertz CT molecular complexity index is 382. The molecule has 0 atom stereocenters. The largest absolute Gasteiger partial charge is 0.469 e. The van der Waals surface area contributed by atoms with Crippen molar-refractivity contribution in [3.8, 4) is 0 Å². The quantitative estimate of drug-likeness (QED) is 0.763. The number of rotatable bonds is 3. The number of furan rings is 1. The van der Waals surface area contributed by atoms with Gasteiger partial charge in [0.25, 0.3) is 5.91 Å². The van der Waals surface area contributed by atoms with Crippen LogP contribution in [0.2, 0.25) is 0 Å². The van der Waals surface area contributed by atoms with E-state index in [1.54, 1.807) is 11.0 Å². The highest BCUT2D eigenvalue weighted by Gasteiger charge is 2.29. The molecule has 0 aromatic carbocycles. The van der Waals surface area contributed by atoms with Crippen LogP contribution in [0.15, 0.2) is 16.7 Å². The standard InChI is InChI=1S/C12H16ClNO2/c1-8-3-10(7-16-8)12(15)14(2)6-9-4-11(13)5-9/h3,7,9,11H,4-6H2,1-2H3. The van der Waals surface area contributed by atoms with Gasteiger partial charge >= 0.3 is 0 Å². The molecule has 16 heavy (non-hydrogen) atoms. The van der Waals surface area contributed by atoms with Crippen molar-refractivity contribution in [3.05, 3.63) is 23.7 Å². The lowest BCUT2D eigenvalue weighted by atomic mass is 9.84. The van der Waals surface area contributed by atoms with E-state index in [0.717, 1.165) is 25.1 Å². The Balaban J connectivity index is 1.89. The van der Waals surface area contributed by atoms with Crippen molar-refractivity contribution >= 4 is 17.5 Å². The number of hydrogen-bond donors (Lipinski definition) is 0. The van der Waals surface area contributed by atoms with Crippen LogP contribution in [0.25, 0.3) is 0 Å². The first-order chi connectivity index (χ1) is 7.56. The fourth-order valence-electron chi connectivity index (χ4n) is 2.05. The first-order valence-corrected chi connectivity index (χ1v) is 5.94. The smallest absolute Gasteiger partial charge is 0.256 e. The number of hydrogen-bond acceptors (Lipinski definition) is 2. The van der Waals surface area contributed by atoms with Crippen LogP contribution >= 0.6 is 11.6 Å². The lowest BCUT2D eigenvalue weighted by Gasteiger charge is -2.33. The molecule has 0 radical (unpaired) electrons. The van der Waals surface area contributed by atoms with Gasteiger partial charge in [0.05, 0.1) is 5.56 Å². The molecule has 0 bridgehead atoms. The molecule has 4 heteroatoms. The maximum absolute atomic E-state index is 11.9. The predicted molar refractivity (Wildman–Crippen MR) is 62.8 cm³/mol. The average Bonchev–Trinajstić information content (AvgIpc) is 2.61. The van der Waals surface area contributed by atoms with Gasteiger partial charge in [0.1, 0.15) is 12.0 Å². The van der Waals surface area contributed by atoms with Crippen molar-refractivity contribution in [2.24, 2.45) is 5.92 Å². The van der Waals surface area contributed by atoms with Gasteiger partial charge in [-0.1, -0.05) is 0 Å². The fraction of sp³-hybridized carbons (Fsp3) is 0.583. The van der Waals surface area contributed by atoms with Crippen molar-refractivity contribution in [2.75, 3.05) is 13.6 Å². The molecule has 88 valence electrons. The molecular weight excluding hydrogens is 226 g/mol. The summed E-state index contributed by atoms with van der Waals surface area (Å²) in [5.74, 6) is 1.35. The topological polar surface area (TPSA) is 33.5 Å². The van der Waals surface area contributed by atoms with E-state index in [9.17, 15) is 4.79 Å². The Morgan fingerprint density at radius 1 is 1.62 bits per heavy atom. The van der Waals surface area contributed by atoms with Gasteiger partial charge in [-0.2, -0.15) is 0 Å². The molecule has 1 saturated carbocycles. The monoisotopic (exact) mass is 241 g/mol. The third-order valence-corrected chi connectivity index (χ3v) is 3.39.